The van der Waals surface area contributed by atoms with Gasteiger partial charge in [0.05, 0.1) is 2.88 Å². The highest BCUT2D eigenvalue weighted by Gasteiger charge is 2.26. The Morgan fingerprint density at radius 1 is 1.39 bits per heavy atom. The lowest BCUT2D eigenvalue weighted by Gasteiger charge is -2.31. The maximum atomic E-state index is 11.2. The number of amides is 1. The molecule has 5 heteroatoms. The van der Waals surface area contributed by atoms with Crippen molar-refractivity contribution in [1.82, 2.24) is 10.6 Å². The predicted octanol–water partition coefficient (Wildman–Crippen LogP) is 2.60. The van der Waals surface area contributed by atoms with E-state index >= 15 is 0 Å². The molecule has 3 rings (SSSR count). The third-order valence-electron chi connectivity index (χ3n) is 3.79. The second-order valence-corrected chi connectivity index (χ2v) is 8.11. The quantitative estimate of drug-likeness (QED) is 0.780. The van der Waals surface area contributed by atoms with Gasteiger partial charge in [0, 0.05) is 29.9 Å². The normalized spacial score (nSPS) is 27.7. The summed E-state index contributed by atoms with van der Waals surface area (Å²) in [5.41, 5.74) is 1.51. The third kappa shape index (κ3) is 2.72. The maximum Gasteiger partial charge on any atom is 0.220 e. The number of piperidine rings is 1. The van der Waals surface area contributed by atoms with Crippen LogP contribution in [0.1, 0.15) is 42.2 Å². The van der Waals surface area contributed by atoms with E-state index in [1.807, 2.05) is 11.3 Å². The van der Waals surface area contributed by atoms with Crippen molar-refractivity contribution in [3.8, 4) is 0 Å². The standard InChI is InChI=1S/C13H17IN2OS/c14-12-6-9-10(2-1-3-11(9)18-12)16-8-4-5-13(17)15-7-8/h6,8,10,16H,1-5,7H2,(H,15,17). The first-order valence-corrected chi connectivity index (χ1v) is 8.43. The van der Waals surface area contributed by atoms with E-state index in [-0.39, 0.29) is 5.91 Å². The van der Waals surface area contributed by atoms with Crippen LogP contribution in [0.5, 0.6) is 0 Å². The predicted molar refractivity (Wildman–Crippen MR) is 81.9 cm³/mol. The van der Waals surface area contributed by atoms with Gasteiger partial charge >= 0.3 is 0 Å². The first-order chi connectivity index (χ1) is 8.72. The van der Waals surface area contributed by atoms with Crippen LogP contribution < -0.4 is 10.6 Å². The highest BCUT2D eigenvalue weighted by molar-refractivity contribution is 14.1. The van der Waals surface area contributed by atoms with Gasteiger partial charge in [-0.1, -0.05) is 0 Å². The average Bonchev–Trinajstić information content (AvgIpc) is 2.73. The Morgan fingerprint density at radius 3 is 3.06 bits per heavy atom. The number of rotatable bonds is 2. The molecule has 0 bridgehead atoms. The molecule has 1 aliphatic heterocycles. The summed E-state index contributed by atoms with van der Waals surface area (Å²) in [5.74, 6) is 0.197. The van der Waals surface area contributed by atoms with Crippen molar-refractivity contribution >= 4 is 39.8 Å². The van der Waals surface area contributed by atoms with Crippen LogP contribution in [0, 0.1) is 2.88 Å². The molecule has 2 N–H and O–H groups in total. The minimum Gasteiger partial charge on any atom is -0.355 e. The molecule has 1 aromatic heterocycles. The Labute approximate surface area is 125 Å². The number of aryl methyl sites for hydroxylation is 1. The molecule has 1 amide bonds. The zero-order chi connectivity index (χ0) is 12.5. The second-order valence-electron chi connectivity index (χ2n) is 5.08. The maximum absolute atomic E-state index is 11.2. The summed E-state index contributed by atoms with van der Waals surface area (Å²) in [6.45, 7) is 0.784. The largest absolute Gasteiger partial charge is 0.355 e. The average molecular weight is 376 g/mol. The minimum absolute atomic E-state index is 0.197. The Morgan fingerprint density at radius 2 is 2.28 bits per heavy atom. The van der Waals surface area contributed by atoms with Gasteiger partial charge in [-0.15, -0.1) is 11.3 Å². The number of nitrogens with one attached hydrogen (secondary N) is 2. The molecule has 2 unspecified atom stereocenters. The van der Waals surface area contributed by atoms with E-state index in [1.54, 1.807) is 4.88 Å². The lowest BCUT2D eigenvalue weighted by Crippen LogP contribution is -2.47. The highest BCUT2D eigenvalue weighted by Crippen LogP contribution is 2.36. The molecule has 1 saturated heterocycles. The Bertz CT molecular complexity index is 450. The molecular formula is C13H17IN2OS. The van der Waals surface area contributed by atoms with E-state index in [1.165, 1.54) is 27.7 Å². The lowest BCUT2D eigenvalue weighted by molar-refractivity contribution is -0.122. The molecule has 3 nitrogen and oxygen atoms in total. The van der Waals surface area contributed by atoms with Crippen molar-refractivity contribution in [2.24, 2.45) is 0 Å². The summed E-state index contributed by atoms with van der Waals surface area (Å²) in [6, 6.07) is 3.27. The first kappa shape index (κ1) is 12.9. The topological polar surface area (TPSA) is 41.1 Å². The van der Waals surface area contributed by atoms with E-state index in [2.05, 4.69) is 39.3 Å². The van der Waals surface area contributed by atoms with Crippen LogP contribution in [0.15, 0.2) is 6.07 Å². The number of carbonyl (C=O) groups is 1. The highest BCUT2D eigenvalue weighted by atomic mass is 127. The smallest absolute Gasteiger partial charge is 0.220 e. The van der Waals surface area contributed by atoms with Gasteiger partial charge < -0.3 is 10.6 Å². The van der Waals surface area contributed by atoms with Crippen LogP contribution in [0.25, 0.3) is 0 Å². The molecule has 18 heavy (non-hydrogen) atoms. The number of hydrogen-bond donors (Lipinski definition) is 2. The van der Waals surface area contributed by atoms with Crippen LogP contribution in [0.4, 0.5) is 0 Å². The summed E-state index contributed by atoms with van der Waals surface area (Å²) in [6.07, 6.45) is 5.38. The van der Waals surface area contributed by atoms with Gasteiger partial charge in [0.2, 0.25) is 5.91 Å². The number of thiophene rings is 1. The van der Waals surface area contributed by atoms with Crippen LogP contribution in [0.3, 0.4) is 0 Å². The fourth-order valence-electron chi connectivity index (χ4n) is 2.85. The Hall–Kier alpha value is -0.140. The summed E-state index contributed by atoms with van der Waals surface area (Å²) in [4.78, 5) is 12.7. The van der Waals surface area contributed by atoms with Gasteiger partial charge in [-0.2, -0.15) is 0 Å². The zero-order valence-electron chi connectivity index (χ0n) is 10.2. The molecule has 0 radical (unpaired) electrons. The zero-order valence-corrected chi connectivity index (χ0v) is 13.1. The molecule has 1 aromatic rings. The van der Waals surface area contributed by atoms with Crippen molar-refractivity contribution in [3.05, 3.63) is 19.4 Å². The monoisotopic (exact) mass is 376 g/mol. The van der Waals surface area contributed by atoms with Crippen LogP contribution in [-0.2, 0) is 11.2 Å². The molecule has 2 heterocycles. The van der Waals surface area contributed by atoms with Crippen molar-refractivity contribution in [3.63, 3.8) is 0 Å². The Balaban J connectivity index is 1.68. The minimum atomic E-state index is 0.197. The number of carbonyl (C=O) groups excluding carboxylic acids is 1. The molecule has 0 saturated carbocycles. The van der Waals surface area contributed by atoms with Crippen molar-refractivity contribution in [2.75, 3.05) is 6.54 Å². The molecule has 98 valence electrons. The number of halogens is 1. The molecule has 1 fully saturated rings. The van der Waals surface area contributed by atoms with Crippen molar-refractivity contribution in [1.29, 1.82) is 0 Å². The molecule has 1 aliphatic carbocycles. The Kier molecular flexibility index (Phi) is 3.91. The molecular weight excluding hydrogens is 359 g/mol. The summed E-state index contributed by atoms with van der Waals surface area (Å²) >= 11 is 4.35. The van der Waals surface area contributed by atoms with Gasteiger partial charge in [-0.25, -0.2) is 0 Å². The number of fused-ring (bicyclic) bond motifs is 1. The van der Waals surface area contributed by atoms with Crippen LogP contribution >= 0.6 is 33.9 Å². The van der Waals surface area contributed by atoms with E-state index in [4.69, 9.17) is 0 Å². The molecule has 0 spiro atoms. The summed E-state index contributed by atoms with van der Waals surface area (Å²) in [7, 11) is 0. The van der Waals surface area contributed by atoms with Crippen LogP contribution in [-0.4, -0.2) is 18.5 Å². The lowest BCUT2D eigenvalue weighted by atomic mass is 9.92. The molecule has 0 aromatic carbocycles. The summed E-state index contributed by atoms with van der Waals surface area (Å²) < 4.78 is 1.39. The van der Waals surface area contributed by atoms with Crippen LogP contribution in [0.2, 0.25) is 0 Å². The number of hydrogen-bond acceptors (Lipinski definition) is 3. The van der Waals surface area contributed by atoms with Crippen molar-refractivity contribution in [2.45, 2.75) is 44.2 Å². The second kappa shape index (κ2) is 5.46. The van der Waals surface area contributed by atoms with E-state index < -0.39 is 0 Å². The summed E-state index contributed by atoms with van der Waals surface area (Å²) in [5, 5.41) is 6.69. The van der Waals surface area contributed by atoms with Gasteiger partial charge in [0.15, 0.2) is 0 Å². The van der Waals surface area contributed by atoms with Gasteiger partial charge in [-0.3, -0.25) is 4.79 Å². The van der Waals surface area contributed by atoms with E-state index in [9.17, 15) is 4.79 Å². The van der Waals surface area contributed by atoms with Crippen molar-refractivity contribution < 1.29 is 4.79 Å². The SMILES string of the molecule is O=C1CCC(NC2CCCc3sc(I)cc32)CN1. The first-order valence-electron chi connectivity index (χ1n) is 6.53. The fourth-order valence-corrected chi connectivity index (χ4v) is 4.97. The van der Waals surface area contributed by atoms with E-state index in [0.29, 0.717) is 18.5 Å². The van der Waals surface area contributed by atoms with Gasteiger partial charge in [-0.05, 0) is 59.9 Å². The fraction of sp³-hybridized carbons (Fsp3) is 0.615. The van der Waals surface area contributed by atoms with Gasteiger partial charge in [0.1, 0.15) is 0 Å². The molecule has 2 aliphatic rings. The van der Waals surface area contributed by atoms with E-state index in [0.717, 1.165) is 13.0 Å². The van der Waals surface area contributed by atoms with Gasteiger partial charge in [0.25, 0.3) is 0 Å². The third-order valence-corrected chi connectivity index (χ3v) is 5.76. The molecule has 2 atom stereocenters.